The molecule has 0 bridgehead atoms. The lowest BCUT2D eigenvalue weighted by molar-refractivity contribution is 0.0952. The smallest absolute Gasteiger partial charge is 0.257 e. The zero-order valence-corrected chi connectivity index (χ0v) is 14.6. The molecule has 1 atom stereocenters. The quantitative estimate of drug-likeness (QED) is 0.801. The summed E-state index contributed by atoms with van der Waals surface area (Å²) < 4.78 is 1.85. The number of hydrogen-bond donors (Lipinski definition) is 1. The normalized spacial score (nSPS) is 16.6. The molecule has 1 N–H and O–H groups in total. The van der Waals surface area contributed by atoms with Crippen molar-refractivity contribution in [3.05, 3.63) is 64.6 Å². The highest BCUT2D eigenvalue weighted by atomic mass is 16.1. The molecule has 128 valence electrons. The minimum Gasteiger partial charge on any atom is -0.348 e. The third-order valence-corrected chi connectivity index (χ3v) is 5.10. The summed E-state index contributed by atoms with van der Waals surface area (Å²) in [6.45, 7) is 4.82. The topological polar surface area (TPSA) is 59.3 Å². The zero-order chi connectivity index (χ0) is 17.4. The van der Waals surface area contributed by atoms with E-state index in [1.165, 1.54) is 16.8 Å². The molecular weight excluding hydrogens is 312 g/mol. The Bertz CT molecular complexity index is 944. The van der Waals surface area contributed by atoms with Gasteiger partial charge in [-0.05, 0) is 48.8 Å². The standard InChI is InChI=1S/C20H22N4O/c1-13-7-8-18-16(9-13)11-21-19-17(12-23-24(18)19)20(25)22-10-15-6-4-3-5-14(15)2/h3-6,11-13H,7-10H2,1-2H3,(H,22,25)/t13-/m0/s1. The van der Waals surface area contributed by atoms with Crippen molar-refractivity contribution in [2.45, 2.75) is 39.7 Å². The molecule has 0 unspecified atom stereocenters. The highest BCUT2D eigenvalue weighted by molar-refractivity contribution is 5.99. The number of amides is 1. The number of benzene rings is 1. The Morgan fingerprint density at radius 1 is 1.32 bits per heavy atom. The van der Waals surface area contributed by atoms with Gasteiger partial charge in [-0.15, -0.1) is 0 Å². The number of nitrogens with one attached hydrogen (secondary N) is 1. The van der Waals surface area contributed by atoms with Crippen LogP contribution in [0.5, 0.6) is 0 Å². The van der Waals surface area contributed by atoms with E-state index < -0.39 is 0 Å². The minimum absolute atomic E-state index is 0.130. The second kappa shape index (κ2) is 6.31. The van der Waals surface area contributed by atoms with Crippen LogP contribution in [0.3, 0.4) is 0 Å². The van der Waals surface area contributed by atoms with Gasteiger partial charge in [0.25, 0.3) is 5.91 Å². The van der Waals surface area contributed by atoms with Gasteiger partial charge in [-0.2, -0.15) is 5.10 Å². The molecule has 3 aromatic rings. The summed E-state index contributed by atoms with van der Waals surface area (Å²) in [6, 6.07) is 8.06. The van der Waals surface area contributed by atoms with Crippen LogP contribution in [0.15, 0.2) is 36.7 Å². The van der Waals surface area contributed by atoms with Crippen LogP contribution in [0.4, 0.5) is 0 Å². The van der Waals surface area contributed by atoms with Gasteiger partial charge in [-0.25, -0.2) is 9.50 Å². The molecule has 2 heterocycles. The highest BCUT2D eigenvalue weighted by Crippen LogP contribution is 2.25. The predicted molar refractivity (Wildman–Crippen MR) is 96.5 cm³/mol. The monoisotopic (exact) mass is 334 g/mol. The maximum atomic E-state index is 12.6. The number of fused-ring (bicyclic) bond motifs is 3. The number of rotatable bonds is 3. The first-order chi connectivity index (χ1) is 12.1. The summed E-state index contributed by atoms with van der Waals surface area (Å²) in [7, 11) is 0. The molecule has 5 nitrogen and oxygen atoms in total. The lowest BCUT2D eigenvalue weighted by atomic mass is 9.89. The fourth-order valence-corrected chi connectivity index (χ4v) is 3.55. The third kappa shape index (κ3) is 2.90. The summed E-state index contributed by atoms with van der Waals surface area (Å²) >= 11 is 0. The number of aryl methyl sites for hydroxylation is 2. The van der Waals surface area contributed by atoms with Crippen LogP contribution in [-0.4, -0.2) is 20.5 Å². The lowest BCUT2D eigenvalue weighted by Crippen LogP contribution is -2.23. The Hall–Kier alpha value is -2.69. The maximum Gasteiger partial charge on any atom is 0.257 e. The summed E-state index contributed by atoms with van der Waals surface area (Å²) in [4.78, 5) is 17.1. The highest BCUT2D eigenvalue weighted by Gasteiger charge is 2.22. The first-order valence-electron chi connectivity index (χ1n) is 8.80. The van der Waals surface area contributed by atoms with Gasteiger partial charge in [-0.3, -0.25) is 4.79 Å². The Labute approximate surface area is 147 Å². The summed E-state index contributed by atoms with van der Waals surface area (Å²) in [5.74, 6) is 0.550. The Kier molecular flexibility index (Phi) is 3.99. The van der Waals surface area contributed by atoms with E-state index in [1.807, 2.05) is 41.9 Å². The molecule has 0 saturated heterocycles. The van der Waals surface area contributed by atoms with Gasteiger partial charge < -0.3 is 5.32 Å². The van der Waals surface area contributed by atoms with Crippen LogP contribution >= 0.6 is 0 Å². The van der Waals surface area contributed by atoms with Crippen LogP contribution in [0, 0.1) is 12.8 Å². The molecule has 25 heavy (non-hydrogen) atoms. The molecule has 1 aliphatic rings. The summed E-state index contributed by atoms with van der Waals surface area (Å²) in [5, 5.41) is 7.43. The van der Waals surface area contributed by atoms with Crippen molar-refractivity contribution in [1.29, 1.82) is 0 Å². The molecule has 0 spiro atoms. The first kappa shape index (κ1) is 15.8. The molecule has 4 rings (SSSR count). The summed E-state index contributed by atoms with van der Waals surface area (Å²) in [6.07, 6.45) is 6.73. The number of carbonyl (C=O) groups is 1. The maximum absolute atomic E-state index is 12.6. The third-order valence-electron chi connectivity index (χ3n) is 5.10. The van der Waals surface area contributed by atoms with Gasteiger partial charge in [0.2, 0.25) is 0 Å². The van der Waals surface area contributed by atoms with Crippen molar-refractivity contribution in [2.24, 2.45) is 5.92 Å². The number of nitrogens with zero attached hydrogens (tertiary/aromatic N) is 3. The van der Waals surface area contributed by atoms with Crippen LogP contribution < -0.4 is 5.32 Å². The van der Waals surface area contributed by atoms with E-state index in [4.69, 9.17) is 0 Å². The minimum atomic E-state index is -0.130. The average molecular weight is 334 g/mol. The van der Waals surface area contributed by atoms with Crippen molar-refractivity contribution in [2.75, 3.05) is 0 Å². The largest absolute Gasteiger partial charge is 0.348 e. The van der Waals surface area contributed by atoms with E-state index in [0.717, 1.165) is 24.8 Å². The number of hydrogen-bond acceptors (Lipinski definition) is 3. The molecule has 0 fully saturated rings. The fourth-order valence-electron chi connectivity index (χ4n) is 3.55. The Balaban J connectivity index is 1.59. The molecule has 0 saturated carbocycles. The summed E-state index contributed by atoms with van der Waals surface area (Å²) in [5.41, 5.74) is 5.92. The predicted octanol–water partition coefficient (Wildman–Crippen LogP) is 3.09. The number of aromatic nitrogens is 3. The van der Waals surface area contributed by atoms with Crippen molar-refractivity contribution in [3.8, 4) is 0 Å². The van der Waals surface area contributed by atoms with Gasteiger partial charge in [0.1, 0.15) is 5.56 Å². The molecule has 2 aromatic heterocycles. The van der Waals surface area contributed by atoms with E-state index in [1.54, 1.807) is 6.20 Å². The van der Waals surface area contributed by atoms with Gasteiger partial charge >= 0.3 is 0 Å². The second-order valence-electron chi connectivity index (χ2n) is 6.98. The van der Waals surface area contributed by atoms with Gasteiger partial charge in [-0.1, -0.05) is 31.2 Å². The molecule has 0 radical (unpaired) electrons. The molecule has 1 amide bonds. The van der Waals surface area contributed by atoms with Crippen molar-refractivity contribution >= 4 is 11.6 Å². The molecule has 1 aromatic carbocycles. The van der Waals surface area contributed by atoms with E-state index in [0.29, 0.717) is 23.7 Å². The first-order valence-corrected chi connectivity index (χ1v) is 8.80. The van der Waals surface area contributed by atoms with E-state index >= 15 is 0 Å². The van der Waals surface area contributed by atoms with Crippen LogP contribution in [0.25, 0.3) is 5.65 Å². The van der Waals surface area contributed by atoms with E-state index in [9.17, 15) is 4.79 Å². The van der Waals surface area contributed by atoms with Gasteiger partial charge in [0.05, 0.1) is 6.20 Å². The van der Waals surface area contributed by atoms with Crippen LogP contribution in [-0.2, 0) is 19.4 Å². The Morgan fingerprint density at radius 2 is 2.16 bits per heavy atom. The van der Waals surface area contributed by atoms with Crippen molar-refractivity contribution in [1.82, 2.24) is 19.9 Å². The zero-order valence-electron chi connectivity index (χ0n) is 14.6. The van der Waals surface area contributed by atoms with Gasteiger partial charge in [0.15, 0.2) is 5.65 Å². The Morgan fingerprint density at radius 3 is 3.00 bits per heavy atom. The molecule has 5 heteroatoms. The van der Waals surface area contributed by atoms with E-state index in [2.05, 4.69) is 22.3 Å². The van der Waals surface area contributed by atoms with Crippen molar-refractivity contribution < 1.29 is 4.79 Å². The van der Waals surface area contributed by atoms with Crippen LogP contribution in [0.2, 0.25) is 0 Å². The van der Waals surface area contributed by atoms with Crippen LogP contribution in [0.1, 0.15) is 46.1 Å². The molecule has 1 aliphatic carbocycles. The average Bonchev–Trinajstić information content (AvgIpc) is 3.05. The molecule has 0 aliphatic heterocycles. The SMILES string of the molecule is Cc1ccccc1CNC(=O)c1cnn2c3c(cnc12)C[C@@H](C)CC3. The van der Waals surface area contributed by atoms with E-state index in [-0.39, 0.29) is 5.91 Å². The van der Waals surface area contributed by atoms with Crippen molar-refractivity contribution in [3.63, 3.8) is 0 Å². The lowest BCUT2D eigenvalue weighted by Gasteiger charge is -2.21. The fraction of sp³-hybridized carbons (Fsp3) is 0.350. The van der Waals surface area contributed by atoms with Gasteiger partial charge in [0, 0.05) is 18.4 Å². The molecular formula is C20H22N4O. The number of carbonyl (C=O) groups excluding carboxylic acids is 1. The second-order valence-corrected chi connectivity index (χ2v) is 6.98.